The summed E-state index contributed by atoms with van der Waals surface area (Å²) in [5.74, 6) is -2.32. The molecule has 0 radical (unpaired) electrons. The molecule has 0 heterocycles. The zero-order chi connectivity index (χ0) is 23.3. The highest BCUT2D eigenvalue weighted by Crippen LogP contribution is 2.28. The van der Waals surface area contributed by atoms with Gasteiger partial charge in [-0.15, -0.1) is 0 Å². The average Bonchev–Trinajstić information content (AvgIpc) is 2.59. The van der Waals surface area contributed by atoms with E-state index in [9.17, 15) is 31.2 Å². The van der Waals surface area contributed by atoms with Gasteiger partial charge in [0.1, 0.15) is 0 Å². The van der Waals surface area contributed by atoms with Crippen LogP contribution < -0.4 is 21.5 Å². The first-order chi connectivity index (χ1) is 13.7. The van der Waals surface area contributed by atoms with Crippen molar-refractivity contribution < 1.29 is 35.9 Å². The van der Waals surface area contributed by atoms with Gasteiger partial charge in [0.05, 0.1) is 24.3 Å². The number of carbonyl (C=O) groups is 2. The minimum absolute atomic E-state index is 0.302. The first-order valence-electron chi connectivity index (χ1n) is 9.07. The Morgan fingerprint density at radius 1 is 1.30 bits per heavy atom. The predicted molar refractivity (Wildman–Crippen MR) is 102 cm³/mol. The van der Waals surface area contributed by atoms with Gasteiger partial charge in [-0.1, -0.05) is 13.8 Å². The largest absolute Gasteiger partial charge is 0.516 e. The Morgan fingerprint density at radius 2 is 1.87 bits per heavy atom. The van der Waals surface area contributed by atoms with Crippen LogP contribution in [0, 0.1) is 0 Å². The highest BCUT2D eigenvalue weighted by molar-refractivity contribution is 7.90. The second kappa shape index (κ2) is 10.1. The lowest BCUT2D eigenvalue weighted by molar-refractivity contribution is -0.121. The number of rotatable bonds is 8. The van der Waals surface area contributed by atoms with Gasteiger partial charge in [-0.3, -0.25) is 9.59 Å². The fourth-order valence-electron chi connectivity index (χ4n) is 2.91. The Labute approximate surface area is 172 Å². The molecule has 6 N–H and O–H groups in total. The van der Waals surface area contributed by atoms with E-state index >= 15 is 0 Å². The monoisotopic (exact) mass is 457 g/mol. The molecular formula is C16H26F3N5O5S. The number of nitrogens with one attached hydrogen (secondary N) is 2. The minimum Gasteiger partial charge on any atom is -0.370 e. The Kier molecular flexibility index (Phi) is 8.65. The Morgan fingerprint density at radius 3 is 2.30 bits per heavy atom. The van der Waals surface area contributed by atoms with Crippen molar-refractivity contribution in [3.8, 4) is 0 Å². The number of halogens is 3. The van der Waals surface area contributed by atoms with E-state index in [1.807, 2.05) is 13.8 Å². The summed E-state index contributed by atoms with van der Waals surface area (Å²) in [5.41, 5.74) is 4.82. The molecule has 3 atom stereocenters. The number of nitrogens with zero attached hydrogens (tertiary/aromatic N) is 1. The fourth-order valence-corrected chi connectivity index (χ4v) is 3.40. The van der Waals surface area contributed by atoms with Crippen molar-refractivity contribution in [3.05, 3.63) is 11.6 Å². The van der Waals surface area contributed by atoms with Crippen molar-refractivity contribution in [3.63, 3.8) is 0 Å². The van der Waals surface area contributed by atoms with Crippen molar-refractivity contribution >= 4 is 27.8 Å². The van der Waals surface area contributed by atoms with E-state index in [0.29, 0.717) is 12.8 Å². The number of carbonyl (C=O) groups excluding carboxylic acids is 2. The number of aliphatic imine (C=N–C) groups is 1. The van der Waals surface area contributed by atoms with Crippen LogP contribution >= 0.6 is 0 Å². The molecule has 2 amide bonds. The van der Waals surface area contributed by atoms with E-state index < -0.39 is 45.5 Å². The maximum Gasteiger partial charge on any atom is 0.516 e. The molecule has 0 aromatic heterocycles. The molecule has 0 unspecified atom stereocenters. The number of hydrogen-bond acceptors (Lipinski definition) is 6. The third kappa shape index (κ3) is 6.86. The number of nitrogens with two attached hydrogens (primary N) is 2. The topological polar surface area (TPSA) is 166 Å². The predicted octanol–water partition coefficient (Wildman–Crippen LogP) is 0.00280. The summed E-state index contributed by atoms with van der Waals surface area (Å²) in [5, 5.41) is 2.62. The van der Waals surface area contributed by atoms with Crippen molar-refractivity contribution in [1.29, 1.82) is 0 Å². The van der Waals surface area contributed by atoms with Crippen molar-refractivity contribution in [2.45, 2.75) is 69.8 Å². The van der Waals surface area contributed by atoms with Gasteiger partial charge in [0, 0.05) is 18.9 Å². The third-order valence-corrected chi connectivity index (χ3v) is 5.40. The molecular weight excluding hydrogens is 431 g/mol. The molecule has 0 aromatic carbocycles. The highest BCUT2D eigenvalue weighted by Gasteiger charge is 2.48. The molecule has 14 heteroatoms. The molecule has 0 bridgehead atoms. The summed E-state index contributed by atoms with van der Waals surface area (Å²) >= 11 is 0. The second-order valence-electron chi connectivity index (χ2n) is 6.66. The number of sulfonamides is 1. The number of guanidine groups is 1. The molecule has 1 aliphatic carbocycles. The molecule has 172 valence electrons. The van der Waals surface area contributed by atoms with E-state index in [1.54, 1.807) is 0 Å². The van der Waals surface area contributed by atoms with Crippen LogP contribution in [-0.2, 0) is 24.3 Å². The maximum atomic E-state index is 12.6. The van der Waals surface area contributed by atoms with Crippen molar-refractivity contribution in [1.82, 2.24) is 10.0 Å². The van der Waals surface area contributed by atoms with Crippen LogP contribution in [0.5, 0.6) is 0 Å². The third-order valence-electron chi connectivity index (χ3n) is 4.33. The van der Waals surface area contributed by atoms with Crippen LogP contribution in [0.1, 0.15) is 40.0 Å². The van der Waals surface area contributed by atoms with Gasteiger partial charge in [0.25, 0.3) is 5.91 Å². The summed E-state index contributed by atoms with van der Waals surface area (Å²) in [7, 11) is -5.91. The minimum atomic E-state index is -5.91. The molecule has 0 aliphatic heterocycles. The summed E-state index contributed by atoms with van der Waals surface area (Å²) in [6.45, 7) is 4.92. The van der Waals surface area contributed by atoms with Gasteiger partial charge < -0.3 is 21.5 Å². The number of hydrogen-bond donors (Lipinski definition) is 4. The van der Waals surface area contributed by atoms with Gasteiger partial charge in [-0.2, -0.15) is 21.6 Å². The zero-order valence-electron chi connectivity index (χ0n) is 16.7. The Balaban J connectivity index is 3.36. The first kappa shape index (κ1) is 25.7. The normalized spacial score (nSPS) is 22.2. The first-order valence-corrected chi connectivity index (χ1v) is 10.6. The Bertz CT molecular complexity index is 805. The lowest BCUT2D eigenvalue weighted by atomic mass is 9.87. The molecule has 0 spiro atoms. The zero-order valence-corrected chi connectivity index (χ0v) is 17.5. The van der Waals surface area contributed by atoms with Gasteiger partial charge >= 0.3 is 15.5 Å². The highest BCUT2D eigenvalue weighted by atomic mass is 32.2. The van der Waals surface area contributed by atoms with Crippen LogP contribution in [0.15, 0.2) is 16.6 Å². The maximum absolute atomic E-state index is 12.6. The molecule has 1 aliphatic rings. The van der Waals surface area contributed by atoms with E-state index in [4.69, 9.17) is 16.2 Å². The van der Waals surface area contributed by atoms with Gasteiger partial charge in [-0.05, 0) is 18.9 Å². The Hall–Kier alpha value is -2.35. The lowest BCUT2D eigenvalue weighted by Crippen LogP contribution is -2.54. The van der Waals surface area contributed by atoms with Crippen LogP contribution in [-0.4, -0.2) is 56.0 Å². The molecule has 0 saturated heterocycles. The van der Waals surface area contributed by atoms with E-state index in [1.165, 1.54) is 13.0 Å². The van der Waals surface area contributed by atoms with Crippen molar-refractivity contribution in [2.24, 2.45) is 16.5 Å². The quantitative estimate of drug-likeness (QED) is 0.294. The lowest BCUT2D eigenvalue weighted by Gasteiger charge is -2.36. The smallest absolute Gasteiger partial charge is 0.370 e. The SMILES string of the molecule is CCC(CC)O[C@@H]1C=C(C(=O)NS(=O)(=O)C(F)(F)F)C[C@H](N=C(N)N)[C@H]1NC(C)=O. The molecule has 30 heavy (non-hydrogen) atoms. The van der Waals surface area contributed by atoms with E-state index in [0.717, 1.165) is 4.72 Å². The van der Waals surface area contributed by atoms with Gasteiger partial charge in [0.2, 0.25) is 5.91 Å². The summed E-state index contributed by atoms with van der Waals surface area (Å²) in [6, 6.07) is -1.81. The van der Waals surface area contributed by atoms with Crippen LogP contribution in [0.2, 0.25) is 0 Å². The molecule has 0 saturated carbocycles. The summed E-state index contributed by atoms with van der Waals surface area (Å²) in [6.07, 6.45) is 0.706. The van der Waals surface area contributed by atoms with Crippen LogP contribution in [0.3, 0.4) is 0 Å². The second-order valence-corrected chi connectivity index (χ2v) is 8.34. The van der Waals surface area contributed by atoms with Crippen LogP contribution in [0.25, 0.3) is 0 Å². The van der Waals surface area contributed by atoms with Gasteiger partial charge in [0.15, 0.2) is 5.96 Å². The fraction of sp³-hybridized carbons (Fsp3) is 0.688. The van der Waals surface area contributed by atoms with Gasteiger partial charge in [-0.25, -0.2) is 9.71 Å². The van der Waals surface area contributed by atoms with Crippen LogP contribution in [0.4, 0.5) is 13.2 Å². The summed E-state index contributed by atoms with van der Waals surface area (Å²) in [4.78, 5) is 27.9. The van der Waals surface area contributed by atoms with E-state index in [2.05, 4.69) is 10.3 Å². The van der Waals surface area contributed by atoms with E-state index in [-0.39, 0.29) is 24.1 Å². The number of ether oxygens (including phenoxy) is 1. The van der Waals surface area contributed by atoms with Crippen molar-refractivity contribution in [2.75, 3.05) is 0 Å². The standard InChI is InChI=1S/C16H26F3N5O5S/c1-4-10(5-2)29-12-7-9(14(26)24-30(27,28)16(17,18)19)6-11(23-15(20)21)13(12)22-8(3)25/h7,10-13H,4-6H2,1-3H3,(H,22,25)(H,24,26)(H4,20,21,23)/t11-,12+,13+/m0/s1. The molecule has 0 aromatic rings. The number of amides is 2. The molecule has 10 nitrogen and oxygen atoms in total. The number of alkyl halides is 3. The average molecular weight is 457 g/mol. The molecule has 0 fully saturated rings. The summed E-state index contributed by atoms with van der Waals surface area (Å²) < 4.78 is 67.3. The molecule has 1 rings (SSSR count).